The Bertz CT molecular complexity index is 2450. The highest BCUT2D eigenvalue weighted by Crippen LogP contribution is 2.22. The maximum atomic E-state index is 14.5. The molecule has 1 aliphatic heterocycles. The molecule has 78 heavy (non-hydrogen) atoms. The van der Waals surface area contributed by atoms with Gasteiger partial charge in [-0.3, -0.25) is 47.9 Å². The molecule has 16 N–H and O–H groups in total. The minimum atomic E-state index is -1.80. The summed E-state index contributed by atoms with van der Waals surface area (Å²) in [5.74, 6) is -11.4. The molecule has 0 aromatic heterocycles. The summed E-state index contributed by atoms with van der Waals surface area (Å²) in [5.41, 5.74) is 12.7. The van der Waals surface area contributed by atoms with Crippen molar-refractivity contribution >= 4 is 65.0 Å². The molecule has 3 rings (SSSR count). The number of phenolic OH excluding ortho intramolecular Hbond substituents is 2. The van der Waals surface area contributed by atoms with E-state index in [2.05, 4.69) is 42.5 Å². The molecule has 26 nitrogen and oxygen atoms in total. The lowest BCUT2D eigenvalue weighted by atomic mass is 10.0. The molecular formula is C52H77N11O15. The fourth-order valence-electron chi connectivity index (χ4n) is 8.34. The van der Waals surface area contributed by atoms with Crippen molar-refractivity contribution in [1.82, 2.24) is 47.4 Å². The number of carbonyl (C=O) groups excluding carboxylic acids is 10. The summed E-state index contributed by atoms with van der Waals surface area (Å²) in [6, 6.07) is -0.344. The van der Waals surface area contributed by atoms with E-state index in [0.717, 1.165) is 6.92 Å². The lowest BCUT2D eigenvalue weighted by Gasteiger charge is -2.31. The van der Waals surface area contributed by atoms with Gasteiger partial charge in [-0.05, 0) is 92.7 Å². The topological polar surface area (TPSA) is 420 Å². The van der Waals surface area contributed by atoms with Crippen LogP contribution in [0.15, 0.2) is 48.5 Å². The highest BCUT2D eigenvalue weighted by Gasteiger charge is 2.41. The molecule has 430 valence electrons. The first-order valence-corrected chi connectivity index (χ1v) is 25.7. The molecule has 0 radical (unpaired) electrons. The van der Waals surface area contributed by atoms with Crippen molar-refractivity contribution in [2.45, 2.75) is 154 Å². The molecule has 1 saturated heterocycles. The largest absolute Gasteiger partial charge is 0.508 e. The average molecular weight is 1100 g/mol. The zero-order chi connectivity index (χ0) is 58.7. The van der Waals surface area contributed by atoms with E-state index in [4.69, 9.17) is 11.5 Å². The molecule has 1 heterocycles. The number of hydrogen-bond donors (Lipinski definition) is 14. The SMILES string of the molecule is CC(C)C[C@H](NC(=O)[C@@H](N)Cc1ccc(O)cc1)C(=O)NCC(=O)N[C@@H](Cc1ccc(O)cc1)C(=O)N1CCC[C@H]1C(=O)N[C@H](C(=O)N[C@H](C(=O)N[C@@H](CC(N)=O)C(=O)N[C@@H](C)C(=O)N[C@H](C(=O)O)C(C)C)[C@@H](C)O)C(C)C. The van der Waals surface area contributed by atoms with Gasteiger partial charge in [-0.15, -0.1) is 0 Å². The molecule has 2 aromatic rings. The second-order valence-electron chi connectivity index (χ2n) is 20.6. The summed E-state index contributed by atoms with van der Waals surface area (Å²) in [4.78, 5) is 147. The van der Waals surface area contributed by atoms with Gasteiger partial charge in [0.2, 0.25) is 59.1 Å². The van der Waals surface area contributed by atoms with E-state index in [0.29, 0.717) is 17.5 Å². The first-order chi connectivity index (χ1) is 36.5. The molecule has 0 saturated carbocycles. The average Bonchev–Trinajstić information content (AvgIpc) is 3.87. The molecule has 0 unspecified atom stereocenters. The number of amides is 10. The van der Waals surface area contributed by atoms with E-state index in [-0.39, 0.29) is 49.6 Å². The third-order valence-electron chi connectivity index (χ3n) is 12.7. The normalized spacial score (nSPS) is 16.7. The third kappa shape index (κ3) is 20.3. The van der Waals surface area contributed by atoms with Crippen LogP contribution in [-0.4, -0.2) is 164 Å². The predicted molar refractivity (Wildman–Crippen MR) is 281 cm³/mol. The molecular weight excluding hydrogens is 1020 g/mol. The zero-order valence-electron chi connectivity index (χ0n) is 45.2. The summed E-state index contributed by atoms with van der Waals surface area (Å²) in [6.45, 7) is 11.7. The van der Waals surface area contributed by atoms with E-state index in [1.807, 2.05) is 13.8 Å². The highest BCUT2D eigenvalue weighted by molar-refractivity contribution is 5.99. The summed E-state index contributed by atoms with van der Waals surface area (Å²) >= 11 is 0. The Kier molecular flexibility index (Phi) is 24.9. The van der Waals surface area contributed by atoms with Crippen LogP contribution < -0.4 is 54.0 Å². The van der Waals surface area contributed by atoms with Gasteiger partial charge >= 0.3 is 5.97 Å². The van der Waals surface area contributed by atoms with Crippen LogP contribution in [0.5, 0.6) is 11.5 Å². The Morgan fingerprint density at radius 3 is 1.64 bits per heavy atom. The zero-order valence-corrected chi connectivity index (χ0v) is 45.2. The van der Waals surface area contributed by atoms with Crippen molar-refractivity contribution in [2.24, 2.45) is 29.2 Å². The van der Waals surface area contributed by atoms with Crippen LogP contribution in [0.25, 0.3) is 0 Å². The molecule has 10 amide bonds. The first-order valence-electron chi connectivity index (χ1n) is 25.7. The number of phenols is 2. The van der Waals surface area contributed by atoms with E-state index in [9.17, 15) is 73.2 Å². The number of aliphatic carboxylic acids is 1. The molecule has 0 aliphatic carbocycles. The first kappa shape index (κ1) is 64.4. The molecule has 10 atom stereocenters. The van der Waals surface area contributed by atoms with E-state index < -0.39 is 150 Å². The van der Waals surface area contributed by atoms with Crippen LogP contribution in [0.1, 0.15) is 92.2 Å². The Morgan fingerprint density at radius 2 is 1.13 bits per heavy atom. The maximum absolute atomic E-state index is 14.5. The van der Waals surface area contributed by atoms with Gasteiger partial charge in [-0.25, -0.2) is 4.79 Å². The Hall–Kier alpha value is -7.87. The molecule has 0 spiro atoms. The standard InChI is InChI=1S/C52H77N11O15/c1-25(2)20-35(58-45(70)34(53)21-30-11-15-32(65)16-12-30)46(71)55-24-40(68)57-37(22-31-13-17-33(66)18-14-31)51(76)63-19-9-10-38(63)48(73)60-41(26(3)4)49(74)62-43(29(8)64)50(75)59-36(23-39(54)67)47(72)56-28(7)44(69)61-42(27(5)6)52(77)78/h11-18,25-29,34-38,41-43,64-66H,9-10,19-24,53H2,1-8H3,(H2,54,67)(H,55,71)(H,56,72)(H,57,68)(H,58,70)(H,59,75)(H,60,73)(H,61,69)(H,62,74)(H,77,78)/t28-,29+,34-,35-,36-,37-,38-,41-,42-,43-/m0/s1. The van der Waals surface area contributed by atoms with E-state index >= 15 is 0 Å². The number of likely N-dealkylation sites (tertiary alicyclic amines) is 1. The monoisotopic (exact) mass is 1100 g/mol. The fourth-order valence-corrected chi connectivity index (χ4v) is 8.34. The van der Waals surface area contributed by atoms with Crippen LogP contribution in [-0.2, 0) is 65.6 Å². The lowest BCUT2D eigenvalue weighted by Crippen LogP contribution is -2.62. The number of primary amides is 1. The second kappa shape index (κ2) is 30.2. The Labute approximate surface area is 452 Å². The second-order valence-corrected chi connectivity index (χ2v) is 20.6. The molecule has 0 bridgehead atoms. The fraction of sp³-hybridized carbons (Fsp3) is 0.558. The number of rotatable bonds is 29. The van der Waals surface area contributed by atoms with Crippen molar-refractivity contribution in [3.05, 3.63) is 59.7 Å². The number of aromatic hydroxyl groups is 2. The van der Waals surface area contributed by atoms with Crippen molar-refractivity contribution in [2.75, 3.05) is 13.1 Å². The number of carboxylic acids is 1. The van der Waals surface area contributed by atoms with E-state index in [1.165, 1.54) is 48.2 Å². The van der Waals surface area contributed by atoms with Crippen molar-refractivity contribution in [3.63, 3.8) is 0 Å². The van der Waals surface area contributed by atoms with Crippen LogP contribution in [0.4, 0.5) is 0 Å². The van der Waals surface area contributed by atoms with Gasteiger partial charge in [0.05, 0.1) is 25.1 Å². The molecule has 1 fully saturated rings. The van der Waals surface area contributed by atoms with Crippen LogP contribution in [0, 0.1) is 17.8 Å². The van der Waals surface area contributed by atoms with E-state index in [1.54, 1.807) is 39.8 Å². The lowest BCUT2D eigenvalue weighted by molar-refractivity contribution is -0.143. The van der Waals surface area contributed by atoms with Gasteiger partial charge in [-0.1, -0.05) is 65.8 Å². The highest BCUT2D eigenvalue weighted by atomic mass is 16.4. The van der Waals surface area contributed by atoms with Crippen LogP contribution in [0.2, 0.25) is 0 Å². The number of benzene rings is 2. The van der Waals surface area contributed by atoms with Crippen molar-refractivity contribution < 1.29 is 73.2 Å². The minimum absolute atomic E-state index is 0.0376. The number of nitrogens with zero attached hydrogens (tertiary/aromatic N) is 1. The number of carboxylic acid groups (broad SMARTS) is 1. The van der Waals surface area contributed by atoms with Crippen molar-refractivity contribution in [3.8, 4) is 11.5 Å². The summed E-state index contributed by atoms with van der Waals surface area (Å²) in [5, 5.41) is 59.3. The molecule has 26 heteroatoms. The third-order valence-corrected chi connectivity index (χ3v) is 12.7. The van der Waals surface area contributed by atoms with Crippen LogP contribution in [0.3, 0.4) is 0 Å². The van der Waals surface area contributed by atoms with Gasteiger partial charge in [0, 0.05) is 13.0 Å². The predicted octanol–water partition coefficient (Wildman–Crippen LogP) is -2.57. The number of aliphatic hydroxyl groups excluding tert-OH is 1. The van der Waals surface area contributed by atoms with Gasteiger partial charge in [0.25, 0.3) is 0 Å². The number of carbonyl (C=O) groups is 11. The summed E-state index contributed by atoms with van der Waals surface area (Å²) in [6.07, 6.45) is -1.82. The smallest absolute Gasteiger partial charge is 0.326 e. The molecule has 2 aromatic carbocycles. The van der Waals surface area contributed by atoms with Gasteiger partial charge in [0.1, 0.15) is 59.8 Å². The van der Waals surface area contributed by atoms with Gasteiger partial charge < -0.3 is 79.3 Å². The number of nitrogens with one attached hydrogen (secondary N) is 8. The maximum Gasteiger partial charge on any atom is 0.326 e. The van der Waals surface area contributed by atoms with Crippen LogP contribution >= 0.6 is 0 Å². The Morgan fingerprint density at radius 1 is 0.603 bits per heavy atom. The number of aliphatic hydroxyl groups is 1. The minimum Gasteiger partial charge on any atom is -0.508 e. The Balaban J connectivity index is 1.76. The number of nitrogens with two attached hydrogens (primary N) is 2. The summed E-state index contributed by atoms with van der Waals surface area (Å²) in [7, 11) is 0. The summed E-state index contributed by atoms with van der Waals surface area (Å²) < 4.78 is 0. The van der Waals surface area contributed by atoms with Gasteiger partial charge in [-0.2, -0.15) is 0 Å². The van der Waals surface area contributed by atoms with Gasteiger partial charge in [0.15, 0.2) is 0 Å². The number of hydrogen-bond acceptors (Lipinski definition) is 15. The molecule has 1 aliphatic rings. The quantitative estimate of drug-likeness (QED) is 0.0398. The van der Waals surface area contributed by atoms with Crippen molar-refractivity contribution in [1.29, 1.82) is 0 Å².